The van der Waals surface area contributed by atoms with Crippen molar-refractivity contribution in [2.75, 3.05) is 0 Å². The Balaban J connectivity index is 4.15. The van der Waals surface area contributed by atoms with Gasteiger partial charge >= 0.3 is 0 Å². The average Bonchev–Trinajstić information content (AvgIpc) is 1.92. The minimum Gasteiger partial charge on any atom is -0.327 e. The lowest BCUT2D eigenvalue weighted by Gasteiger charge is -2.34. The highest BCUT2D eigenvalue weighted by Gasteiger charge is 2.27. The first-order valence-corrected chi connectivity index (χ1v) is 4.38. The first-order chi connectivity index (χ1) is 4.63. The Hall–Kier alpha value is -0.0400. The van der Waals surface area contributed by atoms with E-state index in [0.717, 1.165) is 0 Å². The molecule has 0 aliphatic rings. The van der Waals surface area contributed by atoms with Crippen LogP contribution in [0.15, 0.2) is 0 Å². The molecule has 1 heteroatoms. The molecule has 62 valence electrons. The molecule has 0 radical (unpaired) electrons. The highest BCUT2D eigenvalue weighted by atomic mass is 14.7. The van der Waals surface area contributed by atoms with Gasteiger partial charge in [0.25, 0.3) is 0 Å². The van der Waals surface area contributed by atoms with E-state index in [4.69, 9.17) is 5.73 Å². The highest BCUT2D eigenvalue weighted by Crippen LogP contribution is 2.32. The first kappa shape index (κ1) is 9.96. The lowest BCUT2D eigenvalue weighted by atomic mass is 9.74. The minimum absolute atomic E-state index is 0.340. The summed E-state index contributed by atoms with van der Waals surface area (Å²) < 4.78 is 0. The molecule has 0 aromatic carbocycles. The van der Waals surface area contributed by atoms with E-state index in [1.165, 1.54) is 19.3 Å². The predicted molar refractivity (Wildman–Crippen MR) is 47.0 cm³/mol. The van der Waals surface area contributed by atoms with Gasteiger partial charge in [-0.1, -0.05) is 20.8 Å². The van der Waals surface area contributed by atoms with E-state index < -0.39 is 0 Å². The molecule has 0 spiro atoms. The summed E-state index contributed by atoms with van der Waals surface area (Å²) >= 11 is 0. The van der Waals surface area contributed by atoms with Crippen LogP contribution in [0.5, 0.6) is 0 Å². The molecule has 0 heterocycles. The Labute approximate surface area is 65.0 Å². The smallest absolute Gasteiger partial charge is 0.00667 e. The molecule has 0 aliphatic heterocycles. The molecule has 0 aliphatic carbocycles. The van der Waals surface area contributed by atoms with Crippen molar-refractivity contribution in [3.8, 4) is 0 Å². The van der Waals surface area contributed by atoms with Crippen molar-refractivity contribution in [3.05, 3.63) is 0 Å². The molecule has 1 atom stereocenters. The van der Waals surface area contributed by atoms with E-state index >= 15 is 0 Å². The maximum absolute atomic E-state index is 5.90. The second kappa shape index (κ2) is 3.97. The Bertz CT molecular complexity index is 74.5. The molecule has 0 aromatic heterocycles. The summed E-state index contributed by atoms with van der Waals surface area (Å²) in [5.74, 6) is 0. The van der Waals surface area contributed by atoms with Crippen LogP contribution < -0.4 is 5.73 Å². The Morgan fingerprint density at radius 1 is 1.10 bits per heavy atom. The van der Waals surface area contributed by atoms with Crippen LogP contribution in [-0.2, 0) is 0 Å². The zero-order valence-corrected chi connectivity index (χ0v) is 7.78. The van der Waals surface area contributed by atoms with E-state index in [1.807, 2.05) is 0 Å². The molecule has 0 aromatic rings. The third kappa shape index (κ3) is 1.72. The van der Waals surface area contributed by atoms with Gasteiger partial charge in [-0.2, -0.15) is 0 Å². The summed E-state index contributed by atoms with van der Waals surface area (Å²) in [7, 11) is 0. The molecule has 1 nitrogen and oxygen atoms in total. The molecule has 1 unspecified atom stereocenters. The van der Waals surface area contributed by atoms with Gasteiger partial charge in [0.15, 0.2) is 0 Å². The molecule has 0 rings (SSSR count). The van der Waals surface area contributed by atoms with Gasteiger partial charge in [-0.15, -0.1) is 0 Å². The summed E-state index contributed by atoms with van der Waals surface area (Å²) in [4.78, 5) is 0. The number of hydrogen-bond donors (Lipinski definition) is 1. The summed E-state index contributed by atoms with van der Waals surface area (Å²) in [6.07, 6.45) is 3.62. The van der Waals surface area contributed by atoms with Crippen molar-refractivity contribution in [2.45, 2.75) is 53.0 Å². The SMILES string of the molecule is CCC(CC)(CC)C(C)N. The quantitative estimate of drug-likeness (QED) is 0.643. The van der Waals surface area contributed by atoms with Gasteiger partial charge < -0.3 is 5.73 Å². The minimum atomic E-state index is 0.340. The van der Waals surface area contributed by atoms with Gasteiger partial charge in [0.2, 0.25) is 0 Å². The second-order valence-corrected chi connectivity index (χ2v) is 3.21. The van der Waals surface area contributed by atoms with Gasteiger partial charge in [-0.3, -0.25) is 0 Å². The van der Waals surface area contributed by atoms with Gasteiger partial charge in [0, 0.05) is 6.04 Å². The van der Waals surface area contributed by atoms with Crippen molar-refractivity contribution in [1.82, 2.24) is 0 Å². The van der Waals surface area contributed by atoms with Crippen molar-refractivity contribution in [3.63, 3.8) is 0 Å². The number of nitrogens with two attached hydrogens (primary N) is 1. The van der Waals surface area contributed by atoms with Crippen molar-refractivity contribution >= 4 is 0 Å². The number of rotatable bonds is 4. The van der Waals surface area contributed by atoms with Crippen LogP contribution in [0.4, 0.5) is 0 Å². The molecular weight excluding hydrogens is 122 g/mol. The summed E-state index contributed by atoms with van der Waals surface area (Å²) in [6.45, 7) is 8.82. The zero-order valence-electron chi connectivity index (χ0n) is 7.78. The average molecular weight is 143 g/mol. The molecule has 2 N–H and O–H groups in total. The van der Waals surface area contributed by atoms with Crippen LogP contribution in [0.1, 0.15) is 47.0 Å². The van der Waals surface area contributed by atoms with Crippen LogP contribution in [0.25, 0.3) is 0 Å². The third-order valence-electron chi connectivity index (χ3n) is 3.08. The predicted octanol–water partition coefficient (Wildman–Crippen LogP) is 2.55. The monoisotopic (exact) mass is 143 g/mol. The maximum Gasteiger partial charge on any atom is 0.00667 e. The van der Waals surface area contributed by atoms with E-state index in [0.29, 0.717) is 11.5 Å². The van der Waals surface area contributed by atoms with Crippen molar-refractivity contribution in [2.24, 2.45) is 11.1 Å². The van der Waals surface area contributed by atoms with Crippen molar-refractivity contribution < 1.29 is 0 Å². The lowest BCUT2D eigenvalue weighted by molar-refractivity contribution is 0.204. The molecule has 10 heavy (non-hydrogen) atoms. The van der Waals surface area contributed by atoms with Crippen LogP contribution in [0.3, 0.4) is 0 Å². The fourth-order valence-corrected chi connectivity index (χ4v) is 1.72. The van der Waals surface area contributed by atoms with Gasteiger partial charge in [0.1, 0.15) is 0 Å². The molecule has 0 amide bonds. The van der Waals surface area contributed by atoms with Crippen LogP contribution in [-0.4, -0.2) is 6.04 Å². The van der Waals surface area contributed by atoms with E-state index in [1.54, 1.807) is 0 Å². The Kier molecular flexibility index (Phi) is 3.95. The molecular formula is C9H21N. The van der Waals surface area contributed by atoms with Crippen molar-refractivity contribution in [1.29, 1.82) is 0 Å². The fourth-order valence-electron chi connectivity index (χ4n) is 1.72. The normalized spacial score (nSPS) is 15.3. The van der Waals surface area contributed by atoms with E-state index in [-0.39, 0.29) is 0 Å². The van der Waals surface area contributed by atoms with Crippen LogP contribution in [0.2, 0.25) is 0 Å². The first-order valence-electron chi connectivity index (χ1n) is 4.38. The van der Waals surface area contributed by atoms with Gasteiger partial charge in [0.05, 0.1) is 0 Å². The fraction of sp³-hybridized carbons (Fsp3) is 1.00. The lowest BCUT2D eigenvalue weighted by Crippen LogP contribution is -2.38. The Morgan fingerprint density at radius 2 is 1.40 bits per heavy atom. The summed E-state index contributed by atoms with van der Waals surface area (Å²) in [5.41, 5.74) is 6.31. The number of hydrogen-bond acceptors (Lipinski definition) is 1. The summed E-state index contributed by atoms with van der Waals surface area (Å²) in [5, 5.41) is 0. The van der Waals surface area contributed by atoms with Crippen LogP contribution in [0, 0.1) is 5.41 Å². The second-order valence-electron chi connectivity index (χ2n) is 3.21. The molecule has 0 fully saturated rings. The molecule has 0 saturated heterocycles. The molecule has 0 saturated carbocycles. The molecule has 0 bridgehead atoms. The maximum atomic E-state index is 5.90. The third-order valence-corrected chi connectivity index (χ3v) is 3.08. The highest BCUT2D eigenvalue weighted by molar-refractivity contribution is 4.82. The van der Waals surface area contributed by atoms with Gasteiger partial charge in [-0.25, -0.2) is 0 Å². The standard InChI is InChI=1S/C9H21N/c1-5-9(6-2,7-3)8(4)10/h8H,5-7,10H2,1-4H3. The topological polar surface area (TPSA) is 26.0 Å². The van der Waals surface area contributed by atoms with Crippen LogP contribution >= 0.6 is 0 Å². The van der Waals surface area contributed by atoms with Gasteiger partial charge in [-0.05, 0) is 31.6 Å². The summed E-state index contributed by atoms with van der Waals surface area (Å²) in [6, 6.07) is 0.340. The van der Waals surface area contributed by atoms with E-state index in [2.05, 4.69) is 27.7 Å². The largest absolute Gasteiger partial charge is 0.327 e. The zero-order chi connectivity index (χ0) is 8.20. The Morgan fingerprint density at radius 3 is 1.40 bits per heavy atom. The van der Waals surface area contributed by atoms with E-state index in [9.17, 15) is 0 Å².